The van der Waals surface area contributed by atoms with Gasteiger partial charge in [0, 0.05) is 0 Å². The third kappa shape index (κ3) is 2.74. The van der Waals surface area contributed by atoms with Crippen LogP contribution in [0.4, 0.5) is 5.69 Å². The maximum absolute atomic E-state index is 11.1. The number of nitro groups is 1. The summed E-state index contributed by atoms with van der Waals surface area (Å²) in [6, 6.07) is 10.5. The lowest BCUT2D eigenvalue weighted by Crippen LogP contribution is -1.97. The van der Waals surface area contributed by atoms with E-state index >= 15 is 0 Å². The maximum atomic E-state index is 11.1. The van der Waals surface area contributed by atoms with Gasteiger partial charge < -0.3 is 14.6 Å². The van der Waals surface area contributed by atoms with Crippen LogP contribution in [0.15, 0.2) is 42.5 Å². The topological polar surface area (TPSA) is 81.8 Å². The molecular formula is C13H11NO5. The lowest BCUT2D eigenvalue weighted by Gasteiger charge is -2.08. The van der Waals surface area contributed by atoms with Gasteiger partial charge in [-0.1, -0.05) is 6.07 Å². The van der Waals surface area contributed by atoms with Gasteiger partial charge in [0.1, 0.15) is 11.5 Å². The van der Waals surface area contributed by atoms with Crippen molar-refractivity contribution in [1.29, 1.82) is 0 Å². The molecule has 0 saturated carbocycles. The highest BCUT2D eigenvalue weighted by molar-refractivity contribution is 5.58. The number of phenolic OH excluding ortho intramolecular Hbond substituents is 1. The van der Waals surface area contributed by atoms with Crippen LogP contribution in [0.1, 0.15) is 0 Å². The van der Waals surface area contributed by atoms with Gasteiger partial charge in [0.15, 0.2) is 0 Å². The molecule has 0 aliphatic rings. The Morgan fingerprint density at radius 1 is 1.11 bits per heavy atom. The fourth-order valence-corrected chi connectivity index (χ4v) is 1.57. The SMILES string of the molecule is COc1cccc(Oc2ccc(O)cc2)c1[N+](=O)[O-]. The second-order valence-corrected chi connectivity index (χ2v) is 3.66. The Hall–Kier alpha value is -2.76. The summed E-state index contributed by atoms with van der Waals surface area (Å²) in [5.41, 5.74) is -0.238. The van der Waals surface area contributed by atoms with Gasteiger partial charge in [0.25, 0.3) is 0 Å². The van der Waals surface area contributed by atoms with E-state index in [2.05, 4.69) is 0 Å². The van der Waals surface area contributed by atoms with Crippen molar-refractivity contribution in [2.75, 3.05) is 7.11 Å². The largest absolute Gasteiger partial charge is 0.508 e. The summed E-state index contributed by atoms with van der Waals surface area (Å²) < 4.78 is 10.4. The Morgan fingerprint density at radius 2 is 1.74 bits per heavy atom. The van der Waals surface area contributed by atoms with Crippen molar-refractivity contribution in [2.45, 2.75) is 0 Å². The number of rotatable bonds is 4. The average molecular weight is 261 g/mol. The molecule has 0 radical (unpaired) electrons. The van der Waals surface area contributed by atoms with Gasteiger partial charge in [0.05, 0.1) is 12.0 Å². The molecule has 19 heavy (non-hydrogen) atoms. The van der Waals surface area contributed by atoms with Gasteiger partial charge >= 0.3 is 5.69 Å². The molecule has 0 atom stereocenters. The van der Waals surface area contributed by atoms with Crippen LogP contribution in [0.3, 0.4) is 0 Å². The van der Waals surface area contributed by atoms with Crippen LogP contribution < -0.4 is 9.47 Å². The van der Waals surface area contributed by atoms with Crippen LogP contribution in [0.5, 0.6) is 23.0 Å². The molecule has 0 fully saturated rings. The van der Waals surface area contributed by atoms with Crippen LogP contribution in [0.25, 0.3) is 0 Å². The highest BCUT2D eigenvalue weighted by atomic mass is 16.6. The summed E-state index contributed by atoms with van der Waals surface area (Å²) in [5, 5.41) is 20.2. The molecule has 98 valence electrons. The molecule has 1 N–H and O–H groups in total. The molecule has 0 aliphatic heterocycles. The predicted molar refractivity (Wildman–Crippen MR) is 67.8 cm³/mol. The number of ether oxygens (including phenoxy) is 2. The summed E-state index contributed by atoms with van der Waals surface area (Å²) >= 11 is 0. The fraction of sp³-hybridized carbons (Fsp3) is 0.0769. The van der Waals surface area contributed by atoms with Gasteiger partial charge in [-0.15, -0.1) is 0 Å². The van der Waals surface area contributed by atoms with E-state index in [0.29, 0.717) is 5.75 Å². The van der Waals surface area contributed by atoms with Gasteiger partial charge in [-0.05, 0) is 36.4 Å². The zero-order valence-corrected chi connectivity index (χ0v) is 10.1. The van der Waals surface area contributed by atoms with Gasteiger partial charge in [-0.3, -0.25) is 10.1 Å². The van der Waals surface area contributed by atoms with Crippen molar-refractivity contribution in [2.24, 2.45) is 0 Å². The van der Waals surface area contributed by atoms with Crippen LogP contribution in [0.2, 0.25) is 0 Å². The molecule has 6 heteroatoms. The third-order valence-corrected chi connectivity index (χ3v) is 2.43. The summed E-state index contributed by atoms with van der Waals surface area (Å²) in [7, 11) is 1.35. The van der Waals surface area contributed by atoms with Crippen molar-refractivity contribution < 1.29 is 19.5 Å². The molecule has 2 aromatic rings. The molecule has 6 nitrogen and oxygen atoms in total. The summed E-state index contributed by atoms with van der Waals surface area (Å²) in [5.74, 6) is 0.679. The van der Waals surface area contributed by atoms with E-state index in [1.165, 1.54) is 43.5 Å². The standard InChI is InChI=1S/C13H11NO5/c1-18-11-3-2-4-12(13(11)14(16)17)19-10-7-5-9(15)6-8-10/h2-8,15H,1H3. The Kier molecular flexibility index (Phi) is 3.51. The smallest absolute Gasteiger partial charge is 0.352 e. The van der Waals surface area contributed by atoms with E-state index in [1.807, 2.05) is 0 Å². The summed E-state index contributed by atoms with van der Waals surface area (Å²) in [6.07, 6.45) is 0. The minimum atomic E-state index is -0.561. The molecule has 0 amide bonds. The minimum Gasteiger partial charge on any atom is -0.508 e. The molecule has 0 unspecified atom stereocenters. The molecule has 0 aliphatic carbocycles. The molecule has 0 aromatic heterocycles. The second kappa shape index (κ2) is 5.26. The first-order valence-electron chi connectivity index (χ1n) is 5.40. The first-order valence-corrected chi connectivity index (χ1v) is 5.40. The number of methoxy groups -OCH3 is 1. The first kappa shape index (κ1) is 12.7. The lowest BCUT2D eigenvalue weighted by atomic mass is 10.2. The zero-order chi connectivity index (χ0) is 13.8. The lowest BCUT2D eigenvalue weighted by molar-refractivity contribution is -0.386. The molecule has 0 heterocycles. The van der Waals surface area contributed by atoms with E-state index < -0.39 is 4.92 Å². The third-order valence-electron chi connectivity index (χ3n) is 2.43. The Labute approximate surface area is 109 Å². The Balaban J connectivity index is 2.39. The molecule has 2 aromatic carbocycles. The predicted octanol–water partition coefficient (Wildman–Crippen LogP) is 3.10. The quantitative estimate of drug-likeness (QED) is 0.675. The van der Waals surface area contributed by atoms with E-state index in [9.17, 15) is 10.1 Å². The molecule has 0 bridgehead atoms. The molecular weight excluding hydrogens is 250 g/mol. The summed E-state index contributed by atoms with van der Waals surface area (Å²) in [6.45, 7) is 0. The van der Waals surface area contributed by atoms with Crippen molar-refractivity contribution in [1.82, 2.24) is 0 Å². The number of hydrogen-bond donors (Lipinski definition) is 1. The van der Waals surface area contributed by atoms with Crippen molar-refractivity contribution >= 4 is 5.69 Å². The maximum Gasteiger partial charge on any atom is 0.352 e. The number of nitrogens with zero attached hydrogens (tertiary/aromatic N) is 1. The van der Waals surface area contributed by atoms with E-state index in [1.54, 1.807) is 6.07 Å². The number of aromatic hydroxyl groups is 1. The molecule has 2 rings (SSSR count). The molecule has 0 saturated heterocycles. The number of para-hydroxylation sites is 1. The Morgan fingerprint density at radius 3 is 2.32 bits per heavy atom. The summed E-state index contributed by atoms with van der Waals surface area (Å²) in [4.78, 5) is 10.5. The van der Waals surface area contributed by atoms with Crippen molar-refractivity contribution in [3.8, 4) is 23.0 Å². The highest BCUT2D eigenvalue weighted by Gasteiger charge is 2.22. The van der Waals surface area contributed by atoms with Crippen LogP contribution in [-0.4, -0.2) is 17.1 Å². The van der Waals surface area contributed by atoms with Crippen LogP contribution in [0, 0.1) is 10.1 Å². The monoisotopic (exact) mass is 261 g/mol. The van der Waals surface area contributed by atoms with Gasteiger partial charge in [-0.2, -0.15) is 0 Å². The number of phenols is 1. The van der Waals surface area contributed by atoms with E-state index in [4.69, 9.17) is 14.6 Å². The zero-order valence-electron chi connectivity index (χ0n) is 10.1. The first-order chi connectivity index (χ1) is 9.11. The fourth-order valence-electron chi connectivity index (χ4n) is 1.57. The van der Waals surface area contributed by atoms with Crippen LogP contribution >= 0.6 is 0 Å². The van der Waals surface area contributed by atoms with Gasteiger partial charge in [0.2, 0.25) is 11.5 Å². The normalized spacial score (nSPS) is 9.95. The van der Waals surface area contributed by atoms with Crippen molar-refractivity contribution in [3.05, 3.63) is 52.6 Å². The Bertz CT molecular complexity index is 594. The highest BCUT2D eigenvalue weighted by Crippen LogP contribution is 2.38. The van der Waals surface area contributed by atoms with Crippen molar-refractivity contribution in [3.63, 3.8) is 0 Å². The average Bonchev–Trinajstić information content (AvgIpc) is 2.40. The number of hydrogen-bond acceptors (Lipinski definition) is 5. The van der Waals surface area contributed by atoms with E-state index in [-0.39, 0.29) is 22.9 Å². The minimum absolute atomic E-state index is 0.0787. The number of benzene rings is 2. The molecule has 0 spiro atoms. The van der Waals surface area contributed by atoms with E-state index in [0.717, 1.165) is 0 Å². The second-order valence-electron chi connectivity index (χ2n) is 3.66. The van der Waals surface area contributed by atoms with Crippen LogP contribution in [-0.2, 0) is 0 Å². The number of nitro benzene ring substituents is 1. The van der Waals surface area contributed by atoms with Gasteiger partial charge in [-0.25, -0.2) is 0 Å².